The number of nitrogens with zero attached hydrogens (tertiary/aromatic N) is 3. The fourth-order valence-corrected chi connectivity index (χ4v) is 3.77. The molecule has 166 valence electrons. The lowest BCUT2D eigenvalue weighted by molar-refractivity contribution is 0.0956. The minimum Gasteiger partial charge on any atom is -0.598 e. The molecule has 9 heteroatoms. The Morgan fingerprint density at radius 3 is 2.66 bits per heavy atom. The summed E-state index contributed by atoms with van der Waals surface area (Å²) in [5.74, 6) is 1.22. The minimum atomic E-state index is -1.43. The molecule has 1 amide bonds. The summed E-state index contributed by atoms with van der Waals surface area (Å²) < 4.78 is 13.1. The van der Waals surface area contributed by atoms with E-state index < -0.39 is 11.4 Å². The third-order valence-corrected chi connectivity index (χ3v) is 5.64. The molecule has 0 aliphatic carbocycles. The van der Waals surface area contributed by atoms with Crippen LogP contribution < -0.4 is 15.8 Å². The van der Waals surface area contributed by atoms with Crippen molar-refractivity contribution < 1.29 is 9.35 Å². The monoisotopic (exact) mass is 450 g/mol. The zero-order valence-electron chi connectivity index (χ0n) is 18.0. The number of anilines is 1. The standard InChI is InChI=1S/C23H26N6O2S/c1-15(2)13-26-21-22-27-14-20(29(22)19-6-4-3-5-18(19)28-21)16-7-9-17(10-8-16)23(30)25-11-12-32(24)31/h3-10,14-15H,11-13,24H2,1-2H3,(H,25,30)(H,26,28). The quantitative estimate of drug-likeness (QED) is 0.355. The second-order valence-corrected chi connectivity index (χ2v) is 9.11. The topological polar surface area (TPSA) is 120 Å². The molecule has 0 bridgehead atoms. The first-order valence-corrected chi connectivity index (χ1v) is 11.8. The number of nitrogens with two attached hydrogens (primary N) is 1. The Kier molecular flexibility index (Phi) is 6.59. The summed E-state index contributed by atoms with van der Waals surface area (Å²) in [6.07, 6.45) is 1.83. The molecule has 2 aromatic carbocycles. The number of para-hydroxylation sites is 2. The van der Waals surface area contributed by atoms with Crippen LogP contribution in [0, 0.1) is 5.92 Å². The van der Waals surface area contributed by atoms with E-state index in [9.17, 15) is 9.35 Å². The summed E-state index contributed by atoms with van der Waals surface area (Å²) in [5, 5.41) is 11.4. The van der Waals surface area contributed by atoms with E-state index in [1.165, 1.54) is 0 Å². The number of hydrogen-bond acceptors (Lipinski definition) is 6. The van der Waals surface area contributed by atoms with Gasteiger partial charge in [0.25, 0.3) is 5.91 Å². The van der Waals surface area contributed by atoms with E-state index in [0.717, 1.165) is 40.3 Å². The van der Waals surface area contributed by atoms with E-state index in [0.29, 0.717) is 11.5 Å². The van der Waals surface area contributed by atoms with Crippen molar-refractivity contribution >= 4 is 39.8 Å². The van der Waals surface area contributed by atoms with Crippen LogP contribution in [-0.4, -0.2) is 43.7 Å². The Morgan fingerprint density at radius 2 is 1.94 bits per heavy atom. The van der Waals surface area contributed by atoms with Gasteiger partial charge in [0.15, 0.2) is 11.5 Å². The van der Waals surface area contributed by atoms with Crippen molar-refractivity contribution in [3.8, 4) is 11.3 Å². The van der Waals surface area contributed by atoms with Crippen LogP contribution in [0.4, 0.5) is 5.82 Å². The number of carbonyl (C=O) groups excluding carboxylic acids is 1. The lowest BCUT2D eigenvalue weighted by atomic mass is 10.1. The molecule has 0 saturated heterocycles. The van der Waals surface area contributed by atoms with Crippen LogP contribution in [0.15, 0.2) is 54.7 Å². The number of nitrogens with one attached hydrogen (secondary N) is 2. The average molecular weight is 451 g/mol. The average Bonchev–Trinajstić information content (AvgIpc) is 3.23. The second-order valence-electron chi connectivity index (χ2n) is 7.94. The van der Waals surface area contributed by atoms with Gasteiger partial charge in [-0.15, -0.1) is 0 Å². The van der Waals surface area contributed by atoms with Crippen molar-refractivity contribution in [1.29, 1.82) is 0 Å². The predicted molar refractivity (Wildman–Crippen MR) is 129 cm³/mol. The Labute approximate surface area is 189 Å². The van der Waals surface area contributed by atoms with E-state index in [2.05, 4.69) is 33.9 Å². The summed E-state index contributed by atoms with van der Waals surface area (Å²) in [6, 6.07) is 15.3. The summed E-state index contributed by atoms with van der Waals surface area (Å²) in [7, 11) is 0. The molecule has 0 spiro atoms. The zero-order valence-corrected chi connectivity index (χ0v) is 18.9. The minimum absolute atomic E-state index is 0.222. The molecule has 1 atom stereocenters. The van der Waals surface area contributed by atoms with E-state index in [-0.39, 0.29) is 18.2 Å². The Hall–Kier alpha value is -3.14. The molecule has 4 N–H and O–H groups in total. The molecule has 0 saturated carbocycles. The summed E-state index contributed by atoms with van der Waals surface area (Å²) in [6.45, 7) is 5.36. The molecule has 8 nitrogen and oxygen atoms in total. The molecule has 4 rings (SSSR count). The lowest BCUT2D eigenvalue weighted by Gasteiger charge is -2.13. The number of benzene rings is 2. The Morgan fingerprint density at radius 1 is 1.19 bits per heavy atom. The van der Waals surface area contributed by atoms with E-state index in [1.807, 2.05) is 42.6 Å². The third-order valence-electron chi connectivity index (χ3n) is 5.04. The van der Waals surface area contributed by atoms with E-state index in [4.69, 9.17) is 10.1 Å². The highest BCUT2D eigenvalue weighted by atomic mass is 32.2. The molecule has 0 radical (unpaired) electrons. The van der Waals surface area contributed by atoms with Gasteiger partial charge in [0.2, 0.25) is 0 Å². The first-order chi connectivity index (χ1) is 15.4. The normalized spacial score (nSPS) is 12.4. The van der Waals surface area contributed by atoms with Crippen LogP contribution in [0.5, 0.6) is 0 Å². The van der Waals surface area contributed by atoms with Gasteiger partial charge in [0.1, 0.15) is 5.75 Å². The van der Waals surface area contributed by atoms with Crippen LogP contribution in [0.3, 0.4) is 0 Å². The van der Waals surface area contributed by atoms with Crippen LogP contribution in [0.1, 0.15) is 24.2 Å². The number of carbonyl (C=O) groups is 1. The van der Waals surface area contributed by atoms with Gasteiger partial charge >= 0.3 is 0 Å². The van der Waals surface area contributed by atoms with Crippen molar-refractivity contribution in [2.45, 2.75) is 13.8 Å². The molecule has 2 heterocycles. The fraction of sp³-hybridized carbons (Fsp3) is 0.261. The van der Waals surface area contributed by atoms with E-state index in [1.54, 1.807) is 12.1 Å². The molecule has 0 aliphatic rings. The molecular weight excluding hydrogens is 424 g/mol. The molecule has 1 unspecified atom stereocenters. The number of imidazole rings is 1. The predicted octanol–water partition coefficient (Wildman–Crippen LogP) is 2.97. The molecular formula is C23H26N6O2S. The second kappa shape index (κ2) is 9.56. The maximum absolute atomic E-state index is 12.3. The van der Waals surface area contributed by atoms with Crippen molar-refractivity contribution in [2.24, 2.45) is 11.1 Å². The number of aromatic nitrogens is 3. The van der Waals surface area contributed by atoms with Crippen molar-refractivity contribution in [3.63, 3.8) is 0 Å². The number of rotatable bonds is 8. The lowest BCUT2D eigenvalue weighted by Crippen LogP contribution is -2.31. The molecule has 2 aromatic heterocycles. The summed E-state index contributed by atoms with van der Waals surface area (Å²) in [4.78, 5) is 21.7. The van der Waals surface area contributed by atoms with Gasteiger partial charge in [-0.3, -0.25) is 9.20 Å². The first kappa shape index (κ1) is 22.1. The number of amides is 1. The van der Waals surface area contributed by atoms with Gasteiger partial charge < -0.3 is 15.2 Å². The highest BCUT2D eigenvalue weighted by Crippen LogP contribution is 2.28. The van der Waals surface area contributed by atoms with Gasteiger partial charge in [0, 0.05) is 29.0 Å². The SMILES string of the molecule is CC(C)CNc1nc2ccccc2n2c(-c3ccc(C(=O)NCC[S+](N)[O-])cc3)cnc12. The third kappa shape index (κ3) is 4.69. The highest BCUT2D eigenvalue weighted by Gasteiger charge is 2.15. The van der Waals surface area contributed by atoms with Crippen LogP contribution in [-0.2, 0) is 11.4 Å². The fourth-order valence-electron chi connectivity index (χ4n) is 3.46. The smallest absolute Gasteiger partial charge is 0.251 e. The van der Waals surface area contributed by atoms with Gasteiger partial charge in [0.05, 0.1) is 29.5 Å². The molecule has 32 heavy (non-hydrogen) atoms. The molecule has 4 aromatic rings. The van der Waals surface area contributed by atoms with Gasteiger partial charge in [-0.25, -0.2) is 9.97 Å². The van der Waals surface area contributed by atoms with Crippen molar-refractivity contribution in [3.05, 3.63) is 60.3 Å². The first-order valence-electron chi connectivity index (χ1n) is 10.5. The Balaban J connectivity index is 1.69. The van der Waals surface area contributed by atoms with Crippen molar-refractivity contribution in [1.82, 2.24) is 19.7 Å². The molecule has 0 fully saturated rings. The summed E-state index contributed by atoms with van der Waals surface area (Å²) >= 11 is -1.43. The van der Waals surface area contributed by atoms with E-state index >= 15 is 0 Å². The van der Waals surface area contributed by atoms with Crippen molar-refractivity contribution in [2.75, 3.05) is 24.2 Å². The van der Waals surface area contributed by atoms with Crippen LogP contribution >= 0.6 is 0 Å². The molecule has 0 aliphatic heterocycles. The Bertz CT molecular complexity index is 1240. The van der Waals surface area contributed by atoms with Gasteiger partial charge in [-0.1, -0.05) is 38.1 Å². The number of hydrogen-bond donors (Lipinski definition) is 3. The van der Waals surface area contributed by atoms with Crippen LogP contribution in [0.2, 0.25) is 0 Å². The van der Waals surface area contributed by atoms with Gasteiger partial charge in [-0.05, 0) is 30.2 Å². The maximum atomic E-state index is 12.3. The number of fused-ring (bicyclic) bond motifs is 3. The maximum Gasteiger partial charge on any atom is 0.251 e. The highest BCUT2D eigenvalue weighted by molar-refractivity contribution is 7.89. The summed E-state index contributed by atoms with van der Waals surface area (Å²) in [5.41, 5.74) is 4.97. The zero-order chi connectivity index (χ0) is 22.7. The largest absolute Gasteiger partial charge is 0.598 e. The van der Waals surface area contributed by atoms with Gasteiger partial charge in [-0.2, -0.15) is 5.14 Å². The van der Waals surface area contributed by atoms with Crippen LogP contribution in [0.25, 0.3) is 27.9 Å².